The molecule has 1 atom stereocenters. The molecule has 0 fully saturated rings. The number of aryl methyl sites for hydroxylation is 2. The number of likely N-dealkylation sites (N-methyl/N-ethyl adjacent to an activating group) is 1. The minimum atomic E-state index is -0.306. The normalized spacial score (nSPS) is 12.6. The molecule has 3 nitrogen and oxygen atoms in total. The summed E-state index contributed by atoms with van der Waals surface area (Å²) in [7, 11) is 1.99. The van der Waals surface area contributed by atoms with Crippen molar-refractivity contribution in [3.05, 3.63) is 52.8 Å². The molecule has 21 heavy (non-hydrogen) atoms. The van der Waals surface area contributed by atoms with Gasteiger partial charge < -0.3 is 9.88 Å². The molecule has 0 aliphatic heterocycles. The first-order chi connectivity index (χ1) is 10.1. The Morgan fingerprint density at radius 2 is 2.24 bits per heavy atom. The van der Waals surface area contributed by atoms with E-state index in [1.807, 2.05) is 17.8 Å². The highest BCUT2D eigenvalue weighted by Crippen LogP contribution is 2.20. The summed E-state index contributed by atoms with van der Waals surface area (Å²) in [5, 5.41) is 3.60. The first kappa shape index (κ1) is 16.0. The van der Waals surface area contributed by atoms with Gasteiger partial charge in [0.25, 0.3) is 0 Å². The van der Waals surface area contributed by atoms with Gasteiger partial charge in [-0.2, -0.15) is 0 Å². The molecule has 0 radical (unpaired) electrons. The van der Waals surface area contributed by atoms with Gasteiger partial charge >= 0.3 is 0 Å². The van der Waals surface area contributed by atoms with E-state index in [0.717, 1.165) is 25.2 Å². The fourth-order valence-electron chi connectivity index (χ4n) is 2.48. The molecular formula is C16H21ClFN3. The molecule has 1 aromatic heterocycles. The Morgan fingerprint density at radius 3 is 2.90 bits per heavy atom. The van der Waals surface area contributed by atoms with Crippen LogP contribution in [0.4, 0.5) is 4.39 Å². The Balaban J connectivity index is 2.01. The molecular weight excluding hydrogens is 289 g/mol. The molecule has 5 heteroatoms. The van der Waals surface area contributed by atoms with Crippen molar-refractivity contribution in [3.63, 3.8) is 0 Å². The van der Waals surface area contributed by atoms with E-state index in [0.29, 0.717) is 12.0 Å². The van der Waals surface area contributed by atoms with Crippen LogP contribution in [-0.4, -0.2) is 22.1 Å². The number of nitrogens with one attached hydrogen (secondary N) is 1. The molecule has 2 rings (SSSR count). The SMILES string of the molecule is CCNC(CCc1nccn1C)Cc1cccc(Cl)c1F. The van der Waals surface area contributed by atoms with Gasteiger partial charge in [0.15, 0.2) is 0 Å². The van der Waals surface area contributed by atoms with Gasteiger partial charge in [-0.05, 0) is 31.0 Å². The molecule has 0 aliphatic rings. The quantitative estimate of drug-likeness (QED) is 0.850. The summed E-state index contributed by atoms with van der Waals surface area (Å²) < 4.78 is 16.0. The third-order valence-corrected chi connectivity index (χ3v) is 3.92. The molecule has 0 amide bonds. The second-order valence-electron chi connectivity index (χ2n) is 5.16. The van der Waals surface area contributed by atoms with Crippen molar-refractivity contribution in [2.24, 2.45) is 7.05 Å². The lowest BCUT2D eigenvalue weighted by Gasteiger charge is -2.18. The Labute approximate surface area is 130 Å². The zero-order chi connectivity index (χ0) is 15.2. The number of hydrogen-bond acceptors (Lipinski definition) is 2. The number of benzene rings is 1. The predicted molar refractivity (Wildman–Crippen MR) is 84.1 cm³/mol. The third kappa shape index (κ3) is 4.29. The monoisotopic (exact) mass is 309 g/mol. The van der Waals surface area contributed by atoms with Crippen LogP contribution in [0, 0.1) is 5.82 Å². The van der Waals surface area contributed by atoms with E-state index in [-0.39, 0.29) is 16.9 Å². The smallest absolute Gasteiger partial charge is 0.145 e. The highest BCUT2D eigenvalue weighted by atomic mass is 35.5. The first-order valence-corrected chi connectivity index (χ1v) is 7.62. The maximum Gasteiger partial charge on any atom is 0.145 e. The van der Waals surface area contributed by atoms with Gasteiger partial charge in [-0.1, -0.05) is 30.7 Å². The molecule has 0 bridgehead atoms. The molecule has 114 valence electrons. The van der Waals surface area contributed by atoms with Gasteiger partial charge in [0, 0.05) is 31.9 Å². The summed E-state index contributed by atoms with van der Waals surface area (Å²) in [6.07, 6.45) is 6.14. The molecule has 0 aliphatic carbocycles. The molecule has 2 aromatic rings. The molecule has 1 heterocycles. The van der Waals surface area contributed by atoms with Gasteiger partial charge in [-0.3, -0.25) is 0 Å². The lowest BCUT2D eigenvalue weighted by atomic mass is 10.0. The van der Waals surface area contributed by atoms with Gasteiger partial charge in [0.2, 0.25) is 0 Å². The van der Waals surface area contributed by atoms with Gasteiger partial charge in [0.1, 0.15) is 11.6 Å². The summed E-state index contributed by atoms with van der Waals surface area (Å²) in [5.41, 5.74) is 0.660. The van der Waals surface area contributed by atoms with E-state index in [4.69, 9.17) is 11.6 Å². The van der Waals surface area contributed by atoms with E-state index in [1.165, 1.54) is 0 Å². The highest BCUT2D eigenvalue weighted by Gasteiger charge is 2.14. The Bertz CT molecular complexity index is 583. The van der Waals surface area contributed by atoms with Crippen LogP contribution in [0.15, 0.2) is 30.6 Å². The van der Waals surface area contributed by atoms with Crippen molar-refractivity contribution in [3.8, 4) is 0 Å². The van der Waals surface area contributed by atoms with E-state index in [9.17, 15) is 4.39 Å². The van der Waals surface area contributed by atoms with Crippen LogP contribution in [0.3, 0.4) is 0 Å². The van der Waals surface area contributed by atoms with Crippen LogP contribution in [-0.2, 0) is 19.9 Å². The lowest BCUT2D eigenvalue weighted by Crippen LogP contribution is -2.32. The fraction of sp³-hybridized carbons (Fsp3) is 0.438. The van der Waals surface area contributed by atoms with E-state index >= 15 is 0 Å². The minimum absolute atomic E-state index is 0.187. The van der Waals surface area contributed by atoms with Crippen molar-refractivity contribution >= 4 is 11.6 Å². The zero-order valence-electron chi connectivity index (χ0n) is 12.4. The molecule has 1 unspecified atom stereocenters. The Hall–Kier alpha value is -1.39. The summed E-state index contributed by atoms with van der Waals surface area (Å²) >= 11 is 5.84. The molecule has 0 saturated carbocycles. The largest absolute Gasteiger partial charge is 0.338 e. The van der Waals surface area contributed by atoms with Crippen LogP contribution >= 0.6 is 11.6 Å². The maximum atomic E-state index is 14.0. The molecule has 1 N–H and O–H groups in total. The van der Waals surface area contributed by atoms with Crippen LogP contribution in [0.1, 0.15) is 24.7 Å². The lowest BCUT2D eigenvalue weighted by molar-refractivity contribution is 0.473. The van der Waals surface area contributed by atoms with Crippen LogP contribution in [0.25, 0.3) is 0 Å². The molecule has 0 saturated heterocycles. The topological polar surface area (TPSA) is 29.9 Å². The van der Waals surface area contributed by atoms with Crippen molar-refractivity contribution < 1.29 is 4.39 Å². The summed E-state index contributed by atoms with van der Waals surface area (Å²) in [5.74, 6) is 0.739. The predicted octanol–water partition coefficient (Wildman–Crippen LogP) is 3.37. The zero-order valence-corrected chi connectivity index (χ0v) is 13.2. The maximum absolute atomic E-state index is 14.0. The number of rotatable bonds is 7. The summed E-state index contributed by atoms with van der Waals surface area (Å²) in [6.45, 7) is 2.91. The van der Waals surface area contributed by atoms with Crippen LogP contribution in [0.5, 0.6) is 0 Å². The average molecular weight is 310 g/mol. The molecule has 1 aromatic carbocycles. The number of halogens is 2. The first-order valence-electron chi connectivity index (χ1n) is 7.24. The second-order valence-corrected chi connectivity index (χ2v) is 5.57. The van der Waals surface area contributed by atoms with Gasteiger partial charge in [-0.25, -0.2) is 9.37 Å². The third-order valence-electron chi connectivity index (χ3n) is 3.63. The van der Waals surface area contributed by atoms with E-state index in [2.05, 4.69) is 17.2 Å². The van der Waals surface area contributed by atoms with Crippen molar-refractivity contribution in [1.29, 1.82) is 0 Å². The van der Waals surface area contributed by atoms with E-state index < -0.39 is 0 Å². The van der Waals surface area contributed by atoms with E-state index in [1.54, 1.807) is 24.4 Å². The number of imidazole rings is 1. The van der Waals surface area contributed by atoms with Gasteiger partial charge in [-0.15, -0.1) is 0 Å². The second kappa shape index (κ2) is 7.57. The Kier molecular flexibility index (Phi) is 5.76. The van der Waals surface area contributed by atoms with Gasteiger partial charge in [0.05, 0.1) is 5.02 Å². The van der Waals surface area contributed by atoms with Crippen molar-refractivity contribution in [2.75, 3.05) is 6.54 Å². The standard InChI is InChI=1S/C16H21ClFN3/c1-3-19-13(7-8-15-20-9-10-21(15)2)11-12-5-4-6-14(17)16(12)18/h4-6,9-10,13,19H,3,7-8,11H2,1-2H3. The van der Waals surface area contributed by atoms with Crippen molar-refractivity contribution in [2.45, 2.75) is 32.2 Å². The minimum Gasteiger partial charge on any atom is -0.338 e. The Morgan fingerprint density at radius 1 is 1.43 bits per heavy atom. The number of hydrogen-bond donors (Lipinski definition) is 1. The van der Waals surface area contributed by atoms with Crippen LogP contribution in [0.2, 0.25) is 5.02 Å². The number of nitrogens with zero attached hydrogens (tertiary/aromatic N) is 2. The average Bonchev–Trinajstić information content (AvgIpc) is 2.87. The van der Waals surface area contributed by atoms with Crippen LogP contribution < -0.4 is 5.32 Å². The summed E-state index contributed by atoms with van der Waals surface area (Å²) in [6, 6.07) is 5.38. The number of aromatic nitrogens is 2. The summed E-state index contributed by atoms with van der Waals surface area (Å²) in [4.78, 5) is 4.33. The highest BCUT2D eigenvalue weighted by molar-refractivity contribution is 6.30. The fourth-order valence-corrected chi connectivity index (χ4v) is 2.67. The van der Waals surface area contributed by atoms with Crippen molar-refractivity contribution in [1.82, 2.24) is 14.9 Å². The molecule has 0 spiro atoms.